The van der Waals surface area contributed by atoms with E-state index in [1.807, 2.05) is 0 Å². The van der Waals surface area contributed by atoms with Crippen molar-refractivity contribution in [2.75, 3.05) is 0 Å². The smallest absolute Gasteiger partial charge is 0.334 e. The quantitative estimate of drug-likeness (QED) is 0.768. The zero-order valence-electron chi connectivity index (χ0n) is 14.2. The molecule has 1 aromatic heterocycles. The number of carbonyl (C=O) groups excluding carboxylic acids is 2. The van der Waals surface area contributed by atoms with Gasteiger partial charge in [0.05, 0.1) is 15.6 Å². The molecule has 0 aliphatic carbocycles. The molecular formula is C16H18Cl2N4O3. The molecule has 0 aliphatic rings. The lowest BCUT2D eigenvalue weighted by molar-refractivity contribution is 0.0677. The van der Waals surface area contributed by atoms with Gasteiger partial charge >= 0.3 is 6.03 Å². The maximum absolute atomic E-state index is 12.8. The van der Waals surface area contributed by atoms with E-state index in [9.17, 15) is 9.59 Å². The molecule has 1 aromatic carbocycles. The number of urea groups is 1. The number of aryl methyl sites for hydroxylation is 1. The van der Waals surface area contributed by atoms with Crippen molar-refractivity contribution >= 4 is 35.1 Å². The standard InChI is InChI=1S/C16H18Cl2N4O3/c1-8-11(14(23)20-22(15(19)24)16(2,3)4)13(21-25-8)12-9(17)6-5-7-10(12)18/h5-7H,1-4H3,(H2,19,24)(H,20,23). The Morgan fingerprint density at radius 3 is 2.28 bits per heavy atom. The van der Waals surface area contributed by atoms with Gasteiger partial charge in [-0.1, -0.05) is 34.4 Å². The molecule has 0 bridgehead atoms. The second kappa shape index (κ2) is 6.93. The molecule has 0 saturated carbocycles. The van der Waals surface area contributed by atoms with Gasteiger partial charge in [-0.25, -0.2) is 9.80 Å². The second-order valence-corrected chi connectivity index (χ2v) is 7.16. The minimum absolute atomic E-state index is 0.116. The van der Waals surface area contributed by atoms with Gasteiger partial charge in [-0.15, -0.1) is 0 Å². The van der Waals surface area contributed by atoms with Gasteiger partial charge in [-0.05, 0) is 39.8 Å². The lowest BCUT2D eigenvalue weighted by Gasteiger charge is -2.33. The molecule has 2 aromatic rings. The summed E-state index contributed by atoms with van der Waals surface area (Å²) in [5.41, 5.74) is 7.78. The molecule has 0 saturated heterocycles. The highest BCUT2D eigenvalue weighted by atomic mass is 35.5. The fraction of sp³-hybridized carbons (Fsp3) is 0.312. The van der Waals surface area contributed by atoms with E-state index in [2.05, 4.69) is 10.6 Å². The van der Waals surface area contributed by atoms with E-state index in [-0.39, 0.29) is 17.0 Å². The molecule has 25 heavy (non-hydrogen) atoms. The lowest BCUT2D eigenvalue weighted by atomic mass is 10.1. The fourth-order valence-corrected chi connectivity index (χ4v) is 2.82. The van der Waals surface area contributed by atoms with Crippen LogP contribution in [0, 0.1) is 6.92 Å². The predicted octanol–water partition coefficient (Wildman–Crippen LogP) is 3.78. The first kappa shape index (κ1) is 19.1. The minimum atomic E-state index is -0.799. The van der Waals surface area contributed by atoms with Crippen molar-refractivity contribution in [2.45, 2.75) is 33.2 Å². The third-order valence-corrected chi connectivity index (χ3v) is 4.02. The molecule has 134 valence electrons. The van der Waals surface area contributed by atoms with Crippen LogP contribution in [0.1, 0.15) is 36.9 Å². The van der Waals surface area contributed by atoms with Crippen LogP contribution in [-0.4, -0.2) is 27.6 Å². The summed E-state index contributed by atoms with van der Waals surface area (Å²) < 4.78 is 5.15. The molecular weight excluding hydrogens is 367 g/mol. The van der Waals surface area contributed by atoms with E-state index in [0.29, 0.717) is 15.6 Å². The van der Waals surface area contributed by atoms with E-state index in [1.165, 1.54) is 0 Å². The molecule has 9 heteroatoms. The normalized spacial score (nSPS) is 11.3. The molecule has 3 N–H and O–H groups in total. The van der Waals surface area contributed by atoms with E-state index >= 15 is 0 Å². The summed E-state index contributed by atoms with van der Waals surface area (Å²) in [6, 6.07) is 4.13. The van der Waals surface area contributed by atoms with Crippen molar-refractivity contribution in [2.24, 2.45) is 5.73 Å². The van der Waals surface area contributed by atoms with Crippen LogP contribution in [-0.2, 0) is 0 Å². The van der Waals surface area contributed by atoms with Crippen molar-refractivity contribution in [3.8, 4) is 11.3 Å². The summed E-state index contributed by atoms with van der Waals surface area (Å²) >= 11 is 12.4. The first-order valence-corrected chi connectivity index (χ1v) is 8.11. The highest BCUT2D eigenvalue weighted by Gasteiger charge is 2.31. The number of nitrogens with zero attached hydrogens (tertiary/aromatic N) is 2. The van der Waals surface area contributed by atoms with Crippen molar-refractivity contribution in [3.05, 3.63) is 39.6 Å². The Balaban J connectivity index is 2.49. The number of primary amides is 1. The third-order valence-electron chi connectivity index (χ3n) is 3.39. The Morgan fingerprint density at radius 2 is 1.80 bits per heavy atom. The Bertz CT molecular complexity index is 807. The summed E-state index contributed by atoms with van der Waals surface area (Å²) in [6.07, 6.45) is 0. The van der Waals surface area contributed by atoms with Crippen LogP contribution in [0.15, 0.2) is 22.7 Å². The number of halogens is 2. The fourth-order valence-electron chi connectivity index (χ4n) is 2.25. The first-order valence-electron chi connectivity index (χ1n) is 7.35. The number of hydrogen-bond donors (Lipinski definition) is 2. The number of carbonyl (C=O) groups is 2. The topological polar surface area (TPSA) is 101 Å². The number of amides is 3. The van der Waals surface area contributed by atoms with Crippen LogP contribution in [0.5, 0.6) is 0 Å². The predicted molar refractivity (Wildman–Crippen MR) is 95.3 cm³/mol. The SMILES string of the molecule is Cc1onc(-c2c(Cl)cccc2Cl)c1C(=O)NN(C(N)=O)C(C)(C)C. The van der Waals surface area contributed by atoms with E-state index in [4.69, 9.17) is 33.5 Å². The highest BCUT2D eigenvalue weighted by Crippen LogP contribution is 2.36. The zero-order valence-corrected chi connectivity index (χ0v) is 15.7. The van der Waals surface area contributed by atoms with E-state index < -0.39 is 17.5 Å². The van der Waals surface area contributed by atoms with Crippen LogP contribution in [0.2, 0.25) is 10.0 Å². The van der Waals surface area contributed by atoms with Crippen molar-refractivity contribution < 1.29 is 14.1 Å². The lowest BCUT2D eigenvalue weighted by Crippen LogP contribution is -2.57. The molecule has 0 radical (unpaired) electrons. The maximum Gasteiger partial charge on any atom is 0.334 e. The van der Waals surface area contributed by atoms with Gasteiger partial charge < -0.3 is 10.3 Å². The summed E-state index contributed by atoms with van der Waals surface area (Å²) in [5.74, 6) is -0.361. The summed E-state index contributed by atoms with van der Waals surface area (Å²) in [6.45, 7) is 6.75. The maximum atomic E-state index is 12.8. The Labute approximate surface area is 155 Å². The second-order valence-electron chi connectivity index (χ2n) is 6.34. The molecule has 2 rings (SSSR count). The average molecular weight is 385 g/mol. The molecule has 0 aliphatic heterocycles. The van der Waals surface area contributed by atoms with E-state index in [1.54, 1.807) is 45.9 Å². The van der Waals surface area contributed by atoms with Crippen LogP contribution < -0.4 is 11.2 Å². The van der Waals surface area contributed by atoms with Crippen LogP contribution >= 0.6 is 23.2 Å². The van der Waals surface area contributed by atoms with Gasteiger partial charge in [0.15, 0.2) is 0 Å². The highest BCUT2D eigenvalue weighted by molar-refractivity contribution is 6.39. The van der Waals surface area contributed by atoms with Gasteiger partial charge in [0, 0.05) is 5.56 Å². The molecule has 3 amide bonds. The van der Waals surface area contributed by atoms with Gasteiger partial charge in [0.1, 0.15) is 17.0 Å². The van der Waals surface area contributed by atoms with Crippen molar-refractivity contribution in [3.63, 3.8) is 0 Å². The van der Waals surface area contributed by atoms with Gasteiger partial charge in [0.25, 0.3) is 5.91 Å². The largest absolute Gasteiger partial charge is 0.360 e. The number of benzene rings is 1. The average Bonchev–Trinajstić information content (AvgIpc) is 2.84. The molecule has 7 nitrogen and oxygen atoms in total. The Hall–Kier alpha value is -2.25. The zero-order chi connectivity index (χ0) is 18.9. The number of rotatable bonds is 2. The molecule has 0 unspecified atom stereocenters. The minimum Gasteiger partial charge on any atom is -0.360 e. The number of aromatic nitrogens is 1. The third kappa shape index (κ3) is 3.88. The van der Waals surface area contributed by atoms with Crippen LogP contribution in [0.25, 0.3) is 11.3 Å². The van der Waals surface area contributed by atoms with Crippen molar-refractivity contribution in [1.82, 2.24) is 15.6 Å². The molecule has 0 fully saturated rings. The first-order chi connectivity index (χ1) is 11.5. The number of hydrazine groups is 1. The van der Waals surface area contributed by atoms with Gasteiger partial charge in [0.2, 0.25) is 0 Å². The number of nitrogens with one attached hydrogen (secondary N) is 1. The van der Waals surface area contributed by atoms with Gasteiger partial charge in [-0.2, -0.15) is 0 Å². The summed E-state index contributed by atoms with van der Waals surface area (Å²) in [7, 11) is 0. The van der Waals surface area contributed by atoms with Crippen LogP contribution in [0.3, 0.4) is 0 Å². The monoisotopic (exact) mass is 384 g/mol. The van der Waals surface area contributed by atoms with Crippen LogP contribution in [0.4, 0.5) is 4.79 Å². The molecule has 0 atom stereocenters. The van der Waals surface area contributed by atoms with Crippen molar-refractivity contribution in [1.29, 1.82) is 0 Å². The Morgan fingerprint density at radius 1 is 1.24 bits per heavy atom. The number of nitrogens with two attached hydrogens (primary N) is 1. The van der Waals surface area contributed by atoms with E-state index in [0.717, 1.165) is 5.01 Å². The summed E-state index contributed by atoms with van der Waals surface area (Å²) in [4.78, 5) is 24.4. The summed E-state index contributed by atoms with van der Waals surface area (Å²) in [5, 5.41) is 5.57. The molecule has 0 spiro atoms. The van der Waals surface area contributed by atoms with Gasteiger partial charge in [-0.3, -0.25) is 10.2 Å². The number of hydrogen-bond acceptors (Lipinski definition) is 4. The molecule has 1 heterocycles. The Kier molecular flexibility index (Phi) is 5.29.